The van der Waals surface area contributed by atoms with E-state index in [0.29, 0.717) is 11.1 Å². The molecule has 1 aliphatic rings. The lowest BCUT2D eigenvalue weighted by molar-refractivity contribution is 0.212. The van der Waals surface area contributed by atoms with Crippen molar-refractivity contribution >= 4 is 17.5 Å². The summed E-state index contributed by atoms with van der Waals surface area (Å²) >= 11 is 5.78. The van der Waals surface area contributed by atoms with Gasteiger partial charge in [-0.3, -0.25) is 4.90 Å². The van der Waals surface area contributed by atoms with Gasteiger partial charge in [-0.15, -0.1) is 0 Å². The van der Waals surface area contributed by atoms with Gasteiger partial charge < -0.3 is 4.90 Å². The van der Waals surface area contributed by atoms with Crippen LogP contribution in [0.5, 0.6) is 0 Å². The second-order valence-corrected chi connectivity index (χ2v) is 4.63. The highest BCUT2D eigenvalue weighted by Crippen LogP contribution is 2.16. The van der Waals surface area contributed by atoms with Crippen molar-refractivity contribution in [2.24, 2.45) is 0 Å². The summed E-state index contributed by atoms with van der Waals surface area (Å²) in [5.74, 6) is 0.788. The average molecular weight is 241 g/mol. The van der Waals surface area contributed by atoms with E-state index in [9.17, 15) is 0 Å². The van der Waals surface area contributed by atoms with Crippen LogP contribution in [0, 0.1) is 0 Å². The molecule has 1 aliphatic heterocycles. The molecule has 0 saturated carbocycles. The Morgan fingerprint density at radius 2 is 2.06 bits per heavy atom. The molecule has 0 radical (unpaired) electrons. The Labute approximate surface area is 101 Å². The van der Waals surface area contributed by atoms with Gasteiger partial charge in [0.2, 0.25) is 5.95 Å². The van der Waals surface area contributed by atoms with Gasteiger partial charge in [-0.05, 0) is 13.5 Å². The minimum Gasteiger partial charge on any atom is -0.338 e. The van der Waals surface area contributed by atoms with Crippen molar-refractivity contribution in [2.45, 2.75) is 19.4 Å². The highest BCUT2D eigenvalue weighted by atomic mass is 35.5. The highest BCUT2D eigenvalue weighted by Gasteiger charge is 2.24. The van der Waals surface area contributed by atoms with Gasteiger partial charge in [0.25, 0.3) is 0 Å². The summed E-state index contributed by atoms with van der Waals surface area (Å²) in [6.07, 6.45) is 4.47. The Morgan fingerprint density at radius 1 is 1.38 bits per heavy atom. The Morgan fingerprint density at radius 3 is 2.69 bits per heavy atom. The van der Waals surface area contributed by atoms with E-state index in [0.717, 1.165) is 32.0 Å². The molecule has 88 valence electrons. The van der Waals surface area contributed by atoms with Gasteiger partial charge in [-0.1, -0.05) is 18.5 Å². The van der Waals surface area contributed by atoms with Crippen LogP contribution in [-0.4, -0.2) is 47.6 Å². The summed E-state index contributed by atoms with van der Waals surface area (Å²) < 4.78 is 0. The van der Waals surface area contributed by atoms with Crippen molar-refractivity contribution < 1.29 is 0 Å². The number of anilines is 1. The van der Waals surface area contributed by atoms with Crippen molar-refractivity contribution in [2.75, 3.05) is 31.6 Å². The standard InChI is InChI=1S/C11H17ClN4/c1-3-10-8-16(5-4-15(10)2)11-13-6-9(12)7-14-11/h6-7,10H,3-5,8H2,1-2H3/t10-/m0/s1. The normalized spacial score (nSPS) is 22.4. The zero-order chi connectivity index (χ0) is 11.5. The molecule has 1 aromatic rings. The molecule has 0 spiro atoms. The van der Waals surface area contributed by atoms with E-state index in [1.807, 2.05) is 0 Å². The molecular formula is C11H17ClN4. The number of likely N-dealkylation sites (N-methyl/N-ethyl adjacent to an activating group) is 1. The van der Waals surface area contributed by atoms with Gasteiger partial charge in [0.1, 0.15) is 0 Å². The lowest BCUT2D eigenvalue weighted by Crippen LogP contribution is -2.51. The first kappa shape index (κ1) is 11.6. The second-order valence-electron chi connectivity index (χ2n) is 4.19. The first-order chi connectivity index (χ1) is 7.70. The molecule has 2 heterocycles. The van der Waals surface area contributed by atoms with Gasteiger partial charge >= 0.3 is 0 Å². The molecule has 0 aliphatic carbocycles. The topological polar surface area (TPSA) is 32.3 Å². The molecule has 16 heavy (non-hydrogen) atoms. The summed E-state index contributed by atoms with van der Waals surface area (Å²) in [5.41, 5.74) is 0. The molecule has 1 aromatic heterocycles. The van der Waals surface area contributed by atoms with E-state index in [1.54, 1.807) is 12.4 Å². The fourth-order valence-electron chi connectivity index (χ4n) is 2.04. The maximum absolute atomic E-state index is 5.78. The molecule has 0 amide bonds. The van der Waals surface area contributed by atoms with Crippen molar-refractivity contribution in [1.82, 2.24) is 14.9 Å². The van der Waals surface area contributed by atoms with Crippen molar-refractivity contribution in [3.8, 4) is 0 Å². The smallest absolute Gasteiger partial charge is 0.225 e. The van der Waals surface area contributed by atoms with Crippen LogP contribution in [0.25, 0.3) is 0 Å². The van der Waals surface area contributed by atoms with Crippen LogP contribution in [-0.2, 0) is 0 Å². The van der Waals surface area contributed by atoms with Gasteiger partial charge in [0.15, 0.2) is 0 Å². The van der Waals surface area contributed by atoms with Crippen LogP contribution in [0.2, 0.25) is 5.02 Å². The first-order valence-corrected chi connectivity index (χ1v) is 6.01. The number of rotatable bonds is 2. The third kappa shape index (κ3) is 2.44. The van der Waals surface area contributed by atoms with Crippen LogP contribution in [0.4, 0.5) is 5.95 Å². The number of nitrogens with zero attached hydrogens (tertiary/aromatic N) is 4. The summed E-state index contributed by atoms with van der Waals surface area (Å²) in [7, 11) is 2.17. The van der Waals surface area contributed by atoms with Crippen molar-refractivity contribution in [3.05, 3.63) is 17.4 Å². The maximum atomic E-state index is 5.78. The molecule has 2 rings (SSSR count). The van der Waals surface area contributed by atoms with Crippen LogP contribution < -0.4 is 4.90 Å². The zero-order valence-electron chi connectivity index (χ0n) is 9.73. The average Bonchev–Trinajstić information content (AvgIpc) is 2.31. The van der Waals surface area contributed by atoms with Crippen LogP contribution >= 0.6 is 11.6 Å². The minimum absolute atomic E-state index is 0.588. The molecule has 0 unspecified atom stereocenters. The Bertz CT molecular complexity index is 340. The quantitative estimate of drug-likeness (QED) is 0.787. The van der Waals surface area contributed by atoms with E-state index >= 15 is 0 Å². The summed E-state index contributed by atoms with van der Waals surface area (Å²) in [5, 5.41) is 0.588. The maximum Gasteiger partial charge on any atom is 0.225 e. The fraction of sp³-hybridized carbons (Fsp3) is 0.636. The molecule has 5 heteroatoms. The minimum atomic E-state index is 0.588. The van der Waals surface area contributed by atoms with Crippen molar-refractivity contribution in [3.63, 3.8) is 0 Å². The number of aromatic nitrogens is 2. The predicted molar refractivity (Wildman–Crippen MR) is 66.0 cm³/mol. The Kier molecular flexibility index (Phi) is 3.61. The SMILES string of the molecule is CC[C@H]1CN(c2ncc(Cl)cn2)CCN1C. The van der Waals surface area contributed by atoms with Gasteiger partial charge in [0.05, 0.1) is 17.4 Å². The largest absolute Gasteiger partial charge is 0.338 e. The van der Waals surface area contributed by atoms with Crippen molar-refractivity contribution in [1.29, 1.82) is 0 Å². The second kappa shape index (κ2) is 4.97. The zero-order valence-corrected chi connectivity index (χ0v) is 10.5. The number of hydrogen-bond acceptors (Lipinski definition) is 4. The number of piperazine rings is 1. The Balaban J connectivity index is 2.08. The molecule has 1 fully saturated rings. The van der Waals surface area contributed by atoms with E-state index < -0.39 is 0 Å². The molecule has 0 bridgehead atoms. The molecule has 4 nitrogen and oxygen atoms in total. The number of halogens is 1. The molecule has 1 saturated heterocycles. The van der Waals surface area contributed by atoms with E-state index in [2.05, 4.69) is 33.7 Å². The van der Waals surface area contributed by atoms with E-state index in [4.69, 9.17) is 11.6 Å². The van der Waals surface area contributed by atoms with Gasteiger partial charge in [-0.25, -0.2) is 9.97 Å². The summed E-state index contributed by atoms with van der Waals surface area (Å²) in [6, 6.07) is 0.591. The third-order valence-electron chi connectivity index (χ3n) is 3.14. The van der Waals surface area contributed by atoms with Crippen LogP contribution in [0.1, 0.15) is 13.3 Å². The van der Waals surface area contributed by atoms with E-state index in [1.165, 1.54) is 0 Å². The summed E-state index contributed by atoms with van der Waals surface area (Å²) in [4.78, 5) is 13.1. The van der Waals surface area contributed by atoms with Crippen LogP contribution in [0.3, 0.4) is 0 Å². The van der Waals surface area contributed by atoms with Gasteiger partial charge in [0, 0.05) is 25.7 Å². The van der Waals surface area contributed by atoms with Crippen LogP contribution in [0.15, 0.2) is 12.4 Å². The number of hydrogen-bond donors (Lipinski definition) is 0. The first-order valence-electron chi connectivity index (χ1n) is 5.63. The third-order valence-corrected chi connectivity index (χ3v) is 3.33. The predicted octanol–water partition coefficient (Wildman–Crippen LogP) is 1.66. The molecule has 0 aromatic carbocycles. The molecule has 1 atom stereocenters. The molecular weight excluding hydrogens is 224 g/mol. The molecule has 0 N–H and O–H groups in total. The monoisotopic (exact) mass is 240 g/mol. The summed E-state index contributed by atoms with van der Waals surface area (Å²) in [6.45, 7) is 5.25. The lowest BCUT2D eigenvalue weighted by Gasteiger charge is -2.39. The fourth-order valence-corrected chi connectivity index (χ4v) is 2.13. The Hall–Kier alpha value is -0.870. The lowest BCUT2D eigenvalue weighted by atomic mass is 10.1. The van der Waals surface area contributed by atoms with E-state index in [-0.39, 0.29) is 0 Å². The van der Waals surface area contributed by atoms with Gasteiger partial charge in [-0.2, -0.15) is 0 Å². The highest BCUT2D eigenvalue weighted by molar-refractivity contribution is 6.30.